The van der Waals surface area contributed by atoms with E-state index < -0.39 is 0 Å². The van der Waals surface area contributed by atoms with E-state index in [2.05, 4.69) is 10.3 Å². The number of hydrogen-bond donors (Lipinski definition) is 3. The van der Waals surface area contributed by atoms with Gasteiger partial charge in [0.05, 0.1) is 12.6 Å². The van der Waals surface area contributed by atoms with Crippen LogP contribution in [-0.2, 0) is 0 Å². The molecule has 1 heterocycles. The first-order valence-corrected chi connectivity index (χ1v) is 5.21. The topological polar surface area (TPSA) is 71.2 Å². The molecule has 0 aliphatic carbocycles. The average Bonchev–Trinajstić information content (AvgIpc) is 2.12. The molecule has 5 heteroatoms. The van der Waals surface area contributed by atoms with Crippen molar-refractivity contribution >= 4 is 23.1 Å². The van der Waals surface area contributed by atoms with Gasteiger partial charge in [0, 0.05) is 11.8 Å². The maximum Gasteiger partial charge on any atom is 0.133 e. The molecule has 4 nitrogen and oxygen atoms in total. The Hall–Kier alpha value is -1.00. The molecule has 1 unspecified atom stereocenters. The van der Waals surface area contributed by atoms with Crippen LogP contribution in [0.2, 0.25) is 5.15 Å². The van der Waals surface area contributed by atoms with Crippen molar-refractivity contribution in [1.29, 1.82) is 0 Å². The lowest BCUT2D eigenvalue weighted by Crippen LogP contribution is -2.29. The molecule has 0 fully saturated rings. The van der Waals surface area contributed by atoms with Crippen molar-refractivity contribution in [3.63, 3.8) is 0 Å². The molecule has 0 spiro atoms. The number of aromatic nitrogens is 1. The van der Waals surface area contributed by atoms with Crippen LogP contribution in [0.1, 0.15) is 13.8 Å². The molecule has 0 saturated heterocycles. The van der Waals surface area contributed by atoms with Crippen LogP contribution in [0.25, 0.3) is 0 Å². The Labute approximate surface area is 94.5 Å². The number of nitrogens with two attached hydrogens (primary N) is 1. The fraction of sp³-hybridized carbons (Fsp3) is 0.500. The molecule has 0 radical (unpaired) electrons. The summed E-state index contributed by atoms with van der Waals surface area (Å²) < 4.78 is 0. The summed E-state index contributed by atoms with van der Waals surface area (Å²) in [4.78, 5) is 4.07. The Morgan fingerprint density at radius 2 is 2.20 bits per heavy atom. The van der Waals surface area contributed by atoms with Gasteiger partial charge in [-0.15, -0.1) is 0 Å². The van der Waals surface area contributed by atoms with E-state index in [1.54, 1.807) is 12.1 Å². The van der Waals surface area contributed by atoms with E-state index >= 15 is 0 Å². The lowest BCUT2D eigenvalue weighted by Gasteiger charge is -2.20. The average molecular weight is 230 g/mol. The number of nitrogens with one attached hydrogen (secondary N) is 1. The predicted molar refractivity (Wildman–Crippen MR) is 63.0 cm³/mol. The third kappa shape index (κ3) is 3.57. The first-order chi connectivity index (χ1) is 7.02. The number of pyridine rings is 1. The summed E-state index contributed by atoms with van der Waals surface area (Å²) in [5.41, 5.74) is 6.18. The second-order valence-corrected chi connectivity index (χ2v) is 4.17. The summed E-state index contributed by atoms with van der Waals surface area (Å²) in [7, 11) is 0. The van der Waals surface area contributed by atoms with Crippen molar-refractivity contribution in [1.82, 2.24) is 4.98 Å². The Bertz CT molecular complexity index is 310. The smallest absolute Gasteiger partial charge is 0.133 e. The standard InChI is InChI=1S/C10H16ClN3O/c1-6(2)8(5-15)13-10-4-7(12)3-9(11)14-10/h3-4,6,8,15H,5H2,1-2H3,(H3,12,13,14). The highest BCUT2D eigenvalue weighted by Crippen LogP contribution is 2.17. The van der Waals surface area contributed by atoms with Gasteiger partial charge in [-0.3, -0.25) is 0 Å². The van der Waals surface area contributed by atoms with Gasteiger partial charge < -0.3 is 16.2 Å². The quantitative estimate of drug-likeness (QED) is 0.688. The number of aliphatic hydroxyl groups is 1. The van der Waals surface area contributed by atoms with Gasteiger partial charge in [-0.25, -0.2) is 4.98 Å². The summed E-state index contributed by atoms with van der Waals surface area (Å²) >= 11 is 5.76. The van der Waals surface area contributed by atoms with Gasteiger partial charge >= 0.3 is 0 Å². The minimum Gasteiger partial charge on any atom is -0.399 e. The van der Waals surface area contributed by atoms with Crippen LogP contribution in [0.4, 0.5) is 11.5 Å². The Morgan fingerprint density at radius 1 is 1.53 bits per heavy atom. The van der Waals surface area contributed by atoms with Crippen LogP contribution in [0.15, 0.2) is 12.1 Å². The third-order valence-electron chi connectivity index (χ3n) is 2.15. The molecule has 0 aliphatic rings. The Kier molecular flexibility index (Phi) is 4.17. The van der Waals surface area contributed by atoms with E-state index in [1.807, 2.05) is 13.8 Å². The number of hydrogen-bond acceptors (Lipinski definition) is 4. The third-order valence-corrected chi connectivity index (χ3v) is 2.34. The lowest BCUT2D eigenvalue weighted by molar-refractivity contribution is 0.249. The highest BCUT2D eigenvalue weighted by molar-refractivity contribution is 6.29. The van der Waals surface area contributed by atoms with Crippen molar-refractivity contribution in [2.75, 3.05) is 17.7 Å². The predicted octanol–water partition coefficient (Wildman–Crippen LogP) is 1.75. The lowest BCUT2D eigenvalue weighted by atomic mass is 10.1. The molecule has 15 heavy (non-hydrogen) atoms. The first kappa shape index (κ1) is 12.1. The molecule has 84 valence electrons. The highest BCUT2D eigenvalue weighted by atomic mass is 35.5. The van der Waals surface area contributed by atoms with Crippen molar-refractivity contribution < 1.29 is 5.11 Å². The first-order valence-electron chi connectivity index (χ1n) is 4.83. The number of anilines is 2. The van der Waals surface area contributed by atoms with Crippen LogP contribution in [0.3, 0.4) is 0 Å². The maximum absolute atomic E-state index is 9.14. The molecular weight excluding hydrogens is 214 g/mol. The zero-order valence-corrected chi connectivity index (χ0v) is 9.62. The van der Waals surface area contributed by atoms with Crippen LogP contribution >= 0.6 is 11.6 Å². The summed E-state index contributed by atoms with van der Waals surface area (Å²) in [6, 6.07) is 3.22. The van der Waals surface area contributed by atoms with Crippen molar-refractivity contribution in [3.8, 4) is 0 Å². The molecule has 0 bridgehead atoms. The van der Waals surface area contributed by atoms with Gasteiger partial charge in [0.25, 0.3) is 0 Å². The number of nitrogens with zero attached hydrogens (tertiary/aromatic N) is 1. The fourth-order valence-electron chi connectivity index (χ4n) is 1.20. The van der Waals surface area contributed by atoms with Crippen molar-refractivity contribution in [3.05, 3.63) is 17.3 Å². The SMILES string of the molecule is CC(C)C(CO)Nc1cc(N)cc(Cl)n1. The Morgan fingerprint density at radius 3 is 2.67 bits per heavy atom. The summed E-state index contributed by atoms with van der Waals surface area (Å²) in [5, 5.41) is 12.6. The molecule has 0 aromatic carbocycles. The van der Waals surface area contributed by atoms with E-state index in [4.69, 9.17) is 22.4 Å². The minimum atomic E-state index is -0.0460. The van der Waals surface area contributed by atoms with E-state index in [1.165, 1.54) is 0 Å². The van der Waals surface area contributed by atoms with E-state index in [0.717, 1.165) is 0 Å². The monoisotopic (exact) mass is 229 g/mol. The van der Waals surface area contributed by atoms with Crippen LogP contribution in [-0.4, -0.2) is 22.7 Å². The molecule has 0 amide bonds. The van der Waals surface area contributed by atoms with E-state index in [0.29, 0.717) is 22.6 Å². The molecule has 1 rings (SSSR count). The number of nitrogen functional groups attached to an aromatic ring is 1. The van der Waals surface area contributed by atoms with Gasteiger partial charge in [0.2, 0.25) is 0 Å². The van der Waals surface area contributed by atoms with Gasteiger partial charge in [0.1, 0.15) is 11.0 Å². The zero-order chi connectivity index (χ0) is 11.4. The van der Waals surface area contributed by atoms with E-state index in [-0.39, 0.29) is 12.6 Å². The minimum absolute atomic E-state index is 0.0460. The zero-order valence-electron chi connectivity index (χ0n) is 8.87. The molecule has 1 aromatic rings. The highest BCUT2D eigenvalue weighted by Gasteiger charge is 2.12. The molecule has 0 aliphatic heterocycles. The normalized spacial score (nSPS) is 12.9. The molecular formula is C10H16ClN3O. The molecule has 1 aromatic heterocycles. The summed E-state index contributed by atoms with van der Waals surface area (Å²) in [6.45, 7) is 4.08. The van der Waals surface area contributed by atoms with Gasteiger partial charge in [-0.2, -0.15) is 0 Å². The molecule has 0 saturated carbocycles. The van der Waals surface area contributed by atoms with Crippen molar-refractivity contribution in [2.24, 2.45) is 5.92 Å². The largest absolute Gasteiger partial charge is 0.399 e. The molecule has 4 N–H and O–H groups in total. The molecule has 1 atom stereocenters. The summed E-state index contributed by atoms with van der Waals surface area (Å²) in [6.07, 6.45) is 0. The van der Waals surface area contributed by atoms with E-state index in [9.17, 15) is 0 Å². The number of halogens is 1. The van der Waals surface area contributed by atoms with Gasteiger partial charge in [-0.1, -0.05) is 25.4 Å². The van der Waals surface area contributed by atoms with Crippen molar-refractivity contribution in [2.45, 2.75) is 19.9 Å². The second-order valence-electron chi connectivity index (χ2n) is 3.79. The van der Waals surface area contributed by atoms with Gasteiger partial charge in [0.15, 0.2) is 0 Å². The van der Waals surface area contributed by atoms with Crippen LogP contribution < -0.4 is 11.1 Å². The fourth-order valence-corrected chi connectivity index (χ4v) is 1.42. The van der Waals surface area contributed by atoms with Crippen LogP contribution in [0, 0.1) is 5.92 Å². The van der Waals surface area contributed by atoms with Crippen LogP contribution in [0.5, 0.6) is 0 Å². The summed E-state index contributed by atoms with van der Waals surface area (Å²) in [5.74, 6) is 0.893. The van der Waals surface area contributed by atoms with Gasteiger partial charge in [-0.05, 0) is 12.0 Å². The number of aliphatic hydroxyl groups excluding tert-OH is 1. The number of rotatable bonds is 4. The maximum atomic E-state index is 9.14. The Balaban J connectivity index is 2.79. The second kappa shape index (κ2) is 5.19.